The average molecular weight is 651 g/mol. The van der Waals surface area contributed by atoms with Crippen LogP contribution in [0.4, 0.5) is 0 Å². The molecule has 0 radical (unpaired) electrons. The summed E-state index contributed by atoms with van der Waals surface area (Å²) >= 11 is 0. The maximum absolute atomic E-state index is 6.11. The van der Waals surface area contributed by atoms with Gasteiger partial charge in [0.05, 0.1) is 22.1 Å². The Hall–Kier alpha value is -6.84. The monoisotopic (exact) mass is 650 g/mol. The van der Waals surface area contributed by atoms with Gasteiger partial charge in [-0.3, -0.25) is 0 Å². The predicted molar refractivity (Wildman–Crippen MR) is 213 cm³/mol. The lowest BCUT2D eigenvalue weighted by molar-refractivity contribution is 0.669. The van der Waals surface area contributed by atoms with Crippen LogP contribution >= 0.6 is 0 Å². The largest absolute Gasteiger partial charge is 0.456 e. The zero-order chi connectivity index (χ0) is 33.5. The average Bonchev–Trinajstić information content (AvgIpc) is 3.86. The Labute approximate surface area is 293 Å². The van der Waals surface area contributed by atoms with E-state index in [0.29, 0.717) is 0 Å². The van der Waals surface area contributed by atoms with Gasteiger partial charge in [0.2, 0.25) is 0 Å². The van der Waals surface area contributed by atoms with Crippen LogP contribution in [-0.2, 0) is 0 Å². The summed E-state index contributed by atoms with van der Waals surface area (Å²) in [4.78, 5) is 0. The van der Waals surface area contributed by atoms with Gasteiger partial charge in [-0.1, -0.05) is 127 Å². The van der Waals surface area contributed by atoms with Crippen molar-refractivity contribution >= 4 is 65.6 Å². The number of aromatic nitrogens is 2. The highest BCUT2D eigenvalue weighted by molar-refractivity contribution is 6.23. The van der Waals surface area contributed by atoms with Gasteiger partial charge in [-0.15, -0.1) is 0 Å². The van der Waals surface area contributed by atoms with Crippen molar-refractivity contribution in [2.24, 2.45) is 0 Å². The van der Waals surface area contributed by atoms with Gasteiger partial charge >= 0.3 is 0 Å². The molecule has 3 heterocycles. The molecule has 0 aliphatic rings. The first-order valence-corrected chi connectivity index (χ1v) is 17.4. The summed E-state index contributed by atoms with van der Waals surface area (Å²) in [5.74, 6) is 0. The molecule has 8 aromatic carbocycles. The van der Waals surface area contributed by atoms with E-state index in [1.165, 1.54) is 65.9 Å². The second-order valence-corrected chi connectivity index (χ2v) is 13.3. The van der Waals surface area contributed by atoms with Crippen molar-refractivity contribution in [2.45, 2.75) is 0 Å². The molecule has 0 amide bonds. The van der Waals surface area contributed by atoms with Crippen molar-refractivity contribution in [3.63, 3.8) is 0 Å². The van der Waals surface area contributed by atoms with E-state index in [1.54, 1.807) is 0 Å². The molecule has 3 nitrogen and oxygen atoms in total. The smallest absolute Gasteiger partial charge is 0.135 e. The van der Waals surface area contributed by atoms with E-state index >= 15 is 0 Å². The zero-order valence-corrected chi connectivity index (χ0v) is 27.6. The van der Waals surface area contributed by atoms with Crippen molar-refractivity contribution in [3.8, 4) is 33.6 Å². The molecule has 11 aromatic rings. The van der Waals surface area contributed by atoms with Crippen molar-refractivity contribution < 1.29 is 4.42 Å². The van der Waals surface area contributed by atoms with E-state index in [0.717, 1.165) is 33.3 Å². The lowest BCUT2D eigenvalue weighted by Gasteiger charge is -2.13. The molecule has 3 heteroatoms. The van der Waals surface area contributed by atoms with Crippen LogP contribution < -0.4 is 0 Å². The van der Waals surface area contributed by atoms with Gasteiger partial charge in [0, 0.05) is 43.7 Å². The van der Waals surface area contributed by atoms with E-state index in [2.05, 4.69) is 179 Å². The van der Waals surface area contributed by atoms with E-state index < -0.39 is 0 Å². The van der Waals surface area contributed by atoms with Gasteiger partial charge < -0.3 is 13.6 Å². The Morgan fingerprint density at radius 2 is 0.745 bits per heavy atom. The minimum Gasteiger partial charge on any atom is -0.456 e. The summed E-state index contributed by atoms with van der Waals surface area (Å²) in [5, 5.41) is 7.26. The molecule has 0 saturated heterocycles. The number of hydrogen-bond donors (Lipinski definition) is 0. The van der Waals surface area contributed by atoms with E-state index in [1.807, 2.05) is 12.1 Å². The number of nitrogens with zero attached hydrogens (tertiary/aromatic N) is 2. The third-order valence-electron chi connectivity index (χ3n) is 10.5. The van der Waals surface area contributed by atoms with Crippen LogP contribution in [0.25, 0.3) is 99.2 Å². The highest BCUT2D eigenvalue weighted by Crippen LogP contribution is 2.42. The molecule has 0 aliphatic carbocycles. The Balaban J connectivity index is 1.14. The van der Waals surface area contributed by atoms with E-state index in [4.69, 9.17) is 4.42 Å². The first-order chi connectivity index (χ1) is 25.3. The molecule has 0 aliphatic heterocycles. The molecule has 11 rings (SSSR count). The lowest BCUT2D eigenvalue weighted by atomic mass is 10.0. The molecule has 3 aromatic heterocycles. The Morgan fingerprint density at radius 3 is 1.35 bits per heavy atom. The normalized spacial score (nSPS) is 11.9. The third-order valence-corrected chi connectivity index (χ3v) is 10.5. The Bertz CT molecular complexity index is 3100. The minimum atomic E-state index is 0.913. The summed E-state index contributed by atoms with van der Waals surface area (Å²) in [6, 6.07) is 65.6. The maximum Gasteiger partial charge on any atom is 0.135 e. The molecule has 0 atom stereocenters. The number of fused-ring (bicyclic) bond motifs is 10. The fourth-order valence-electron chi connectivity index (χ4n) is 8.18. The van der Waals surface area contributed by atoms with Crippen LogP contribution in [0.1, 0.15) is 0 Å². The number of rotatable bonds is 4. The third kappa shape index (κ3) is 4.19. The van der Waals surface area contributed by atoms with Gasteiger partial charge in [0.25, 0.3) is 0 Å². The first-order valence-electron chi connectivity index (χ1n) is 17.4. The van der Waals surface area contributed by atoms with Crippen LogP contribution in [0.5, 0.6) is 0 Å². The number of hydrogen-bond acceptors (Lipinski definition) is 1. The zero-order valence-electron chi connectivity index (χ0n) is 27.6. The summed E-state index contributed by atoms with van der Waals surface area (Å²) in [7, 11) is 0. The lowest BCUT2D eigenvalue weighted by Crippen LogP contribution is -1.98. The second-order valence-electron chi connectivity index (χ2n) is 13.3. The molecule has 0 saturated carbocycles. The molecule has 0 spiro atoms. The van der Waals surface area contributed by atoms with Crippen LogP contribution in [-0.4, -0.2) is 9.13 Å². The number of benzene rings is 8. The van der Waals surface area contributed by atoms with Crippen LogP contribution in [0.2, 0.25) is 0 Å². The number of para-hydroxylation sites is 3. The van der Waals surface area contributed by atoms with Crippen molar-refractivity contribution in [2.75, 3.05) is 0 Å². The minimum absolute atomic E-state index is 0.913. The molecular weight excluding hydrogens is 621 g/mol. The quantitative estimate of drug-likeness (QED) is 0.186. The van der Waals surface area contributed by atoms with Crippen molar-refractivity contribution in [1.29, 1.82) is 0 Å². The highest BCUT2D eigenvalue weighted by Gasteiger charge is 2.21. The van der Waals surface area contributed by atoms with Gasteiger partial charge in [0.15, 0.2) is 0 Å². The molecule has 51 heavy (non-hydrogen) atoms. The van der Waals surface area contributed by atoms with Crippen LogP contribution in [0.15, 0.2) is 186 Å². The van der Waals surface area contributed by atoms with Crippen LogP contribution in [0.3, 0.4) is 0 Å². The molecule has 238 valence electrons. The topological polar surface area (TPSA) is 23.0 Å². The summed E-state index contributed by atoms with van der Waals surface area (Å²) in [6.07, 6.45) is 0. The second kappa shape index (κ2) is 10.8. The molecule has 0 N–H and O–H groups in total. The van der Waals surface area contributed by atoms with Gasteiger partial charge in [-0.2, -0.15) is 0 Å². The Kier molecular flexibility index (Phi) is 5.96. The molecular formula is C48H30N2O. The molecule has 0 unspecified atom stereocenters. The van der Waals surface area contributed by atoms with Crippen LogP contribution in [0, 0.1) is 0 Å². The summed E-state index contributed by atoms with van der Waals surface area (Å²) in [5.41, 5.74) is 13.7. The van der Waals surface area contributed by atoms with Crippen molar-refractivity contribution in [1.82, 2.24) is 9.13 Å². The van der Waals surface area contributed by atoms with Gasteiger partial charge in [-0.05, 0) is 76.9 Å². The molecule has 0 bridgehead atoms. The van der Waals surface area contributed by atoms with Gasteiger partial charge in [-0.25, -0.2) is 0 Å². The summed E-state index contributed by atoms with van der Waals surface area (Å²) < 4.78 is 11.0. The highest BCUT2D eigenvalue weighted by atomic mass is 16.3. The van der Waals surface area contributed by atoms with E-state index in [-0.39, 0.29) is 0 Å². The fraction of sp³-hybridized carbons (Fsp3) is 0. The Morgan fingerprint density at radius 1 is 0.294 bits per heavy atom. The standard InChI is InChI=1S/C48H30N2O/c1-2-10-31(11-3-1)32-18-23-35(24-19-32)49-43-15-7-4-12-37(43)40-27-28-41-38-13-5-8-16-44(38)50(48(41)47(40)49)36-25-20-33(21-26-36)34-22-29-46-42(30-34)39-14-6-9-17-45(39)51-46/h1-30H. The first kappa shape index (κ1) is 28.0. The fourth-order valence-corrected chi connectivity index (χ4v) is 8.18. The SMILES string of the molecule is c1ccc(-c2ccc(-n3c4ccccc4c4ccc5c6ccccc6n(-c6ccc(-c7ccc8oc9ccccc9c8c7)cc6)c5c43)cc2)cc1. The van der Waals surface area contributed by atoms with E-state index in [9.17, 15) is 0 Å². The van der Waals surface area contributed by atoms with Gasteiger partial charge in [0.1, 0.15) is 11.2 Å². The van der Waals surface area contributed by atoms with Crippen molar-refractivity contribution in [3.05, 3.63) is 182 Å². The maximum atomic E-state index is 6.11. The summed E-state index contributed by atoms with van der Waals surface area (Å²) in [6.45, 7) is 0. The number of furan rings is 1. The molecule has 0 fully saturated rings. The predicted octanol–water partition coefficient (Wildman–Crippen LogP) is 13.1.